The van der Waals surface area contributed by atoms with Crippen LogP contribution in [-0.4, -0.2) is 30.7 Å². The van der Waals surface area contributed by atoms with Crippen LogP contribution in [-0.2, 0) is 10.2 Å². The molecule has 0 aromatic heterocycles. The van der Waals surface area contributed by atoms with Gasteiger partial charge in [0.15, 0.2) is 0 Å². The summed E-state index contributed by atoms with van der Waals surface area (Å²) in [6.45, 7) is 3.33. The molecular formula is C18H23FN4O. The second-order valence-electron chi connectivity index (χ2n) is 6.06. The number of benzene rings is 1. The van der Waals surface area contributed by atoms with Gasteiger partial charge in [-0.25, -0.2) is 4.39 Å². The summed E-state index contributed by atoms with van der Waals surface area (Å²) in [6, 6.07) is 7.91. The molecule has 1 fully saturated rings. The molecule has 1 amide bonds. The predicted molar refractivity (Wildman–Crippen MR) is 94.9 cm³/mol. The molecule has 1 aliphatic carbocycles. The third-order valence-corrected chi connectivity index (χ3v) is 4.34. The van der Waals surface area contributed by atoms with Crippen LogP contribution >= 0.6 is 0 Å². The highest BCUT2D eigenvalue weighted by Crippen LogP contribution is 2.49. The van der Waals surface area contributed by atoms with Gasteiger partial charge in [0.2, 0.25) is 0 Å². The van der Waals surface area contributed by atoms with Crippen molar-refractivity contribution in [2.75, 3.05) is 7.05 Å². The molecule has 1 aromatic carbocycles. The van der Waals surface area contributed by atoms with Crippen molar-refractivity contribution in [3.05, 3.63) is 47.2 Å². The van der Waals surface area contributed by atoms with E-state index in [2.05, 4.69) is 9.98 Å². The second kappa shape index (κ2) is 6.95. The van der Waals surface area contributed by atoms with Crippen molar-refractivity contribution < 1.29 is 9.18 Å². The summed E-state index contributed by atoms with van der Waals surface area (Å²) in [5.74, 6) is -0.421. The Morgan fingerprint density at radius 2 is 1.96 bits per heavy atom. The zero-order valence-electron chi connectivity index (χ0n) is 14.2. The first-order valence-corrected chi connectivity index (χ1v) is 7.85. The van der Waals surface area contributed by atoms with E-state index in [0.29, 0.717) is 0 Å². The van der Waals surface area contributed by atoms with E-state index in [1.165, 1.54) is 20.0 Å². The van der Waals surface area contributed by atoms with Gasteiger partial charge in [0, 0.05) is 7.05 Å². The first-order chi connectivity index (χ1) is 11.3. The number of amidine groups is 1. The Labute approximate surface area is 141 Å². The van der Waals surface area contributed by atoms with Crippen LogP contribution in [0.25, 0.3) is 0 Å². The average Bonchev–Trinajstić information content (AvgIpc) is 3.34. The van der Waals surface area contributed by atoms with E-state index in [1.54, 1.807) is 0 Å². The molecule has 0 spiro atoms. The number of amides is 1. The van der Waals surface area contributed by atoms with Crippen LogP contribution in [0.4, 0.5) is 4.39 Å². The predicted octanol–water partition coefficient (Wildman–Crippen LogP) is 2.18. The minimum absolute atomic E-state index is 0.0923. The molecule has 24 heavy (non-hydrogen) atoms. The highest BCUT2D eigenvalue weighted by molar-refractivity contribution is 6.10. The molecule has 0 radical (unpaired) electrons. The average molecular weight is 330 g/mol. The standard InChI is InChI=1S/C18H23FN4O/c1-11-6-4-5-7-13(11)18(8-9-18)17(21)23-16(24)14(20)10-15(22-3)12(2)19/h4-7,10,12H,8-9,20H2,1-3H3,(H2,21,23,24)/b14-10-,22-15?. The Morgan fingerprint density at radius 1 is 1.33 bits per heavy atom. The fourth-order valence-electron chi connectivity index (χ4n) is 2.76. The summed E-state index contributed by atoms with van der Waals surface area (Å²) in [6.07, 6.45) is 1.57. The Kier molecular flexibility index (Phi) is 5.17. The molecule has 1 aromatic rings. The third-order valence-electron chi connectivity index (χ3n) is 4.34. The van der Waals surface area contributed by atoms with Crippen LogP contribution in [0.15, 0.2) is 46.0 Å². The first-order valence-electron chi connectivity index (χ1n) is 7.85. The van der Waals surface area contributed by atoms with Crippen molar-refractivity contribution in [1.82, 2.24) is 0 Å². The quantitative estimate of drug-likeness (QED) is 0.492. The third kappa shape index (κ3) is 3.53. The van der Waals surface area contributed by atoms with Crippen molar-refractivity contribution in [2.45, 2.75) is 38.3 Å². The van der Waals surface area contributed by atoms with Gasteiger partial charge in [-0.1, -0.05) is 24.3 Å². The summed E-state index contributed by atoms with van der Waals surface area (Å²) in [4.78, 5) is 19.9. The number of aliphatic imine (C=N–C) groups is 2. The zero-order valence-corrected chi connectivity index (χ0v) is 14.2. The highest BCUT2D eigenvalue weighted by atomic mass is 19.1. The monoisotopic (exact) mass is 330 g/mol. The van der Waals surface area contributed by atoms with Crippen molar-refractivity contribution in [3.8, 4) is 0 Å². The molecule has 1 atom stereocenters. The maximum atomic E-state index is 13.3. The van der Waals surface area contributed by atoms with Gasteiger partial charge in [-0.05, 0) is 43.9 Å². The number of nitrogens with zero attached hydrogens (tertiary/aromatic N) is 2. The highest BCUT2D eigenvalue weighted by Gasteiger charge is 2.49. The Hall–Kier alpha value is -2.50. The second-order valence-corrected chi connectivity index (χ2v) is 6.06. The van der Waals surface area contributed by atoms with Gasteiger partial charge in [-0.3, -0.25) is 9.79 Å². The number of hydrogen-bond donors (Lipinski definition) is 2. The fourth-order valence-corrected chi connectivity index (χ4v) is 2.76. The Morgan fingerprint density at radius 3 is 2.46 bits per heavy atom. The number of nitrogens with two attached hydrogens (primary N) is 2. The molecule has 1 unspecified atom stereocenters. The molecule has 5 nitrogen and oxygen atoms in total. The minimum atomic E-state index is -1.32. The molecule has 2 rings (SSSR count). The van der Waals surface area contributed by atoms with E-state index in [4.69, 9.17) is 11.5 Å². The lowest BCUT2D eigenvalue weighted by Gasteiger charge is -2.17. The smallest absolute Gasteiger partial charge is 0.294 e. The Bertz CT molecular complexity index is 730. The van der Waals surface area contributed by atoms with Crippen LogP contribution in [0.3, 0.4) is 0 Å². The summed E-state index contributed by atoms with van der Waals surface area (Å²) >= 11 is 0. The lowest BCUT2D eigenvalue weighted by atomic mass is 9.91. The maximum absolute atomic E-state index is 13.3. The van der Waals surface area contributed by atoms with Crippen LogP contribution < -0.4 is 11.5 Å². The van der Waals surface area contributed by atoms with Gasteiger partial charge in [0.05, 0.1) is 11.1 Å². The topological polar surface area (TPSA) is 93.8 Å². The molecule has 0 saturated heterocycles. The number of alkyl halides is 1. The van der Waals surface area contributed by atoms with Gasteiger partial charge >= 0.3 is 0 Å². The molecule has 0 aliphatic heterocycles. The molecule has 1 aliphatic rings. The van der Waals surface area contributed by atoms with Gasteiger partial charge < -0.3 is 11.5 Å². The van der Waals surface area contributed by atoms with E-state index < -0.39 is 17.5 Å². The largest absolute Gasteiger partial charge is 0.394 e. The van der Waals surface area contributed by atoms with Gasteiger partial charge in [-0.15, -0.1) is 0 Å². The molecule has 128 valence electrons. The first kappa shape index (κ1) is 17.8. The van der Waals surface area contributed by atoms with E-state index in [1.807, 2.05) is 31.2 Å². The van der Waals surface area contributed by atoms with E-state index in [9.17, 15) is 9.18 Å². The fraction of sp³-hybridized carbons (Fsp3) is 0.389. The lowest BCUT2D eigenvalue weighted by Crippen LogP contribution is -2.31. The van der Waals surface area contributed by atoms with Crippen LogP contribution in [0.1, 0.15) is 30.9 Å². The van der Waals surface area contributed by atoms with Gasteiger partial charge in [0.25, 0.3) is 5.91 Å². The number of allylic oxidation sites excluding steroid dienone is 1. The van der Waals surface area contributed by atoms with Crippen LogP contribution in [0, 0.1) is 6.92 Å². The van der Waals surface area contributed by atoms with Crippen molar-refractivity contribution in [2.24, 2.45) is 21.5 Å². The van der Waals surface area contributed by atoms with E-state index in [-0.39, 0.29) is 17.2 Å². The SMILES string of the molecule is CN=C(/C=C(\N)C(=O)N=C(N)C1(c2ccccc2C)CC1)C(C)F. The molecule has 6 heteroatoms. The molecular weight excluding hydrogens is 307 g/mol. The number of hydrogen-bond acceptors (Lipinski definition) is 3. The van der Waals surface area contributed by atoms with Crippen molar-refractivity contribution in [3.63, 3.8) is 0 Å². The summed E-state index contributed by atoms with van der Waals surface area (Å²) in [5.41, 5.74) is 13.5. The summed E-state index contributed by atoms with van der Waals surface area (Å²) in [7, 11) is 1.44. The van der Waals surface area contributed by atoms with E-state index in [0.717, 1.165) is 24.0 Å². The Balaban J connectivity index is 2.26. The molecule has 0 heterocycles. The summed E-state index contributed by atoms with van der Waals surface area (Å²) in [5, 5.41) is 0. The zero-order chi connectivity index (χ0) is 17.9. The number of rotatable bonds is 5. The maximum Gasteiger partial charge on any atom is 0.294 e. The van der Waals surface area contributed by atoms with Crippen LogP contribution in [0.2, 0.25) is 0 Å². The minimum Gasteiger partial charge on any atom is -0.394 e. The summed E-state index contributed by atoms with van der Waals surface area (Å²) < 4.78 is 13.3. The number of aryl methyl sites for hydroxylation is 1. The van der Waals surface area contributed by atoms with Crippen LogP contribution in [0.5, 0.6) is 0 Å². The lowest BCUT2D eigenvalue weighted by molar-refractivity contribution is -0.114. The molecule has 1 saturated carbocycles. The number of carbonyl (C=O) groups is 1. The van der Waals surface area contributed by atoms with Gasteiger partial charge in [-0.2, -0.15) is 4.99 Å². The number of carbonyl (C=O) groups excluding carboxylic acids is 1. The van der Waals surface area contributed by atoms with Crippen molar-refractivity contribution >= 4 is 17.5 Å². The number of halogens is 1. The normalized spacial score (nSPS) is 19.1. The molecule has 4 N–H and O–H groups in total. The van der Waals surface area contributed by atoms with Crippen molar-refractivity contribution in [1.29, 1.82) is 0 Å². The molecule has 0 bridgehead atoms. The van der Waals surface area contributed by atoms with Gasteiger partial charge in [0.1, 0.15) is 17.7 Å². The van der Waals surface area contributed by atoms with E-state index >= 15 is 0 Å².